The summed E-state index contributed by atoms with van der Waals surface area (Å²) in [5.41, 5.74) is 2.42. The van der Waals surface area contributed by atoms with E-state index in [4.69, 9.17) is 4.74 Å². The average molecular weight is 261 g/mol. The van der Waals surface area contributed by atoms with Gasteiger partial charge in [-0.15, -0.1) is 0 Å². The molecular weight excluding hydrogens is 238 g/mol. The van der Waals surface area contributed by atoms with E-state index in [0.717, 1.165) is 26.2 Å². The number of rotatable bonds is 4. The number of aromatic nitrogens is 1. The van der Waals surface area contributed by atoms with Crippen molar-refractivity contribution in [3.63, 3.8) is 0 Å². The van der Waals surface area contributed by atoms with Crippen molar-refractivity contribution in [3.8, 4) is 0 Å². The largest absolute Gasteiger partial charge is 0.375 e. The second kappa shape index (κ2) is 5.99. The first-order valence-electron chi connectivity index (χ1n) is 7.31. The molecular formula is C15H23N3O. The molecule has 1 aliphatic carbocycles. The van der Waals surface area contributed by atoms with Crippen LogP contribution in [-0.4, -0.2) is 42.2 Å². The topological polar surface area (TPSA) is 37.4 Å². The highest BCUT2D eigenvalue weighted by atomic mass is 16.5. The maximum absolute atomic E-state index is 5.85. The van der Waals surface area contributed by atoms with Crippen LogP contribution in [-0.2, 0) is 17.8 Å². The number of nitrogens with zero attached hydrogens (tertiary/aromatic N) is 2. The predicted molar refractivity (Wildman–Crippen MR) is 74.8 cm³/mol. The SMILES string of the molecule is CNCc1ccc(CN2CCOC3CCCC32)nc1. The first kappa shape index (κ1) is 13.0. The van der Waals surface area contributed by atoms with Crippen molar-refractivity contribution in [2.75, 3.05) is 20.2 Å². The van der Waals surface area contributed by atoms with Gasteiger partial charge in [0.25, 0.3) is 0 Å². The summed E-state index contributed by atoms with van der Waals surface area (Å²) in [4.78, 5) is 7.14. The Labute approximate surface area is 115 Å². The van der Waals surface area contributed by atoms with Crippen LogP contribution in [0, 0.1) is 0 Å². The lowest BCUT2D eigenvalue weighted by molar-refractivity contribution is -0.0592. The van der Waals surface area contributed by atoms with E-state index >= 15 is 0 Å². The van der Waals surface area contributed by atoms with E-state index in [1.54, 1.807) is 0 Å². The summed E-state index contributed by atoms with van der Waals surface area (Å²) in [6, 6.07) is 4.95. The highest BCUT2D eigenvalue weighted by molar-refractivity contribution is 5.14. The molecule has 1 saturated carbocycles. The number of ether oxygens (including phenoxy) is 1. The average Bonchev–Trinajstić information content (AvgIpc) is 2.91. The highest BCUT2D eigenvalue weighted by Gasteiger charge is 2.35. The van der Waals surface area contributed by atoms with Crippen molar-refractivity contribution >= 4 is 0 Å². The second-order valence-electron chi connectivity index (χ2n) is 5.57. The molecule has 0 bridgehead atoms. The summed E-state index contributed by atoms with van der Waals surface area (Å²) < 4.78 is 5.85. The number of pyridine rings is 1. The summed E-state index contributed by atoms with van der Waals surface area (Å²) in [6.07, 6.45) is 6.27. The quantitative estimate of drug-likeness (QED) is 0.892. The van der Waals surface area contributed by atoms with Gasteiger partial charge in [-0.1, -0.05) is 6.07 Å². The van der Waals surface area contributed by atoms with Gasteiger partial charge in [-0.2, -0.15) is 0 Å². The van der Waals surface area contributed by atoms with Crippen LogP contribution in [0.3, 0.4) is 0 Å². The molecule has 2 aliphatic rings. The number of hydrogen-bond donors (Lipinski definition) is 1. The van der Waals surface area contributed by atoms with Crippen molar-refractivity contribution in [3.05, 3.63) is 29.6 Å². The van der Waals surface area contributed by atoms with Gasteiger partial charge in [0.2, 0.25) is 0 Å². The first-order chi connectivity index (χ1) is 9.36. The minimum absolute atomic E-state index is 0.470. The van der Waals surface area contributed by atoms with Crippen LogP contribution in [0.25, 0.3) is 0 Å². The van der Waals surface area contributed by atoms with Crippen molar-refractivity contribution in [1.29, 1.82) is 0 Å². The monoisotopic (exact) mass is 261 g/mol. The Kier molecular flexibility index (Phi) is 4.11. The molecule has 1 saturated heterocycles. The van der Waals surface area contributed by atoms with Crippen molar-refractivity contribution < 1.29 is 4.74 Å². The molecule has 0 amide bonds. The van der Waals surface area contributed by atoms with Crippen molar-refractivity contribution in [2.24, 2.45) is 0 Å². The van der Waals surface area contributed by atoms with Gasteiger partial charge in [0, 0.05) is 31.9 Å². The Morgan fingerprint density at radius 1 is 1.42 bits per heavy atom. The van der Waals surface area contributed by atoms with Gasteiger partial charge < -0.3 is 10.1 Å². The second-order valence-corrected chi connectivity index (χ2v) is 5.57. The molecule has 1 aromatic rings. The molecule has 0 spiro atoms. The summed E-state index contributed by atoms with van der Waals surface area (Å²) >= 11 is 0. The molecule has 19 heavy (non-hydrogen) atoms. The smallest absolute Gasteiger partial charge is 0.0731 e. The van der Waals surface area contributed by atoms with Crippen molar-refractivity contribution in [2.45, 2.75) is 44.5 Å². The Morgan fingerprint density at radius 3 is 3.16 bits per heavy atom. The molecule has 1 aromatic heterocycles. The lowest BCUT2D eigenvalue weighted by Crippen LogP contribution is -2.47. The molecule has 4 heteroatoms. The molecule has 2 heterocycles. The maximum atomic E-state index is 5.85. The Hall–Kier alpha value is -0.970. The molecule has 2 unspecified atom stereocenters. The van der Waals surface area contributed by atoms with Gasteiger partial charge in [0.05, 0.1) is 18.4 Å². The first-order valence-corrected chi connectivity index (χ1v) is 7.31. The predicted octanol–water partition coefficient (Wildman–Crippen LogP) is 1.55. The third kappa shape index (κ3) is 2.96. The van der Waals surface area contributed by atoms with Crippen LogP contribution in [0.2, 0.25) is 0 Å². The summed E-state index contributed by atoms with van der Waals surface area (Å²) in [6.45, 7) is 3.76. The molecule has 0 aromatic carbocycles. The molecule has 1 N–H and O–H groups in total. The van der Waals surface area contributed by atoms with Crippen LogP contribution in [0.15, 0.2) is 18.3 Å². The highest BCUT2D eigenvalue weighted by Crippen LogP contribution is 2.30. The van der Waals surface area contributed by atoms with Gasteiger partial charge in [0.1, 0.15) is 0 Å². The van der Waals surface area contributed by atoms with E-state index in [0.29, 0.717) is 12.1 Å². The third-order valence-electron chi connectivity index (χ3n) is 4.23. The van der Waals surface area contributed by atoms with Gasteiger partial charge in [-0.3, -0.25) is 9.88 Å². The molecule has 0 radical (unpaired) electrons. The minimum atomic E-state index is 0.470. The lowest BCUT2D eigenvalue weighted by Gasteiger charge is -2.37. The van der Waals surface area contributed by atoms with Gasteiger partial charge in [-0.25, -0.2) is 0 Å². The van der Waals surface area contributed by atoms with Gasteiger partial charge in [-0.05, 0) is 37.9 Å². The van der Waals surface area contributed by atoms with Crippen LogP contribution in [0.4, 0.5) is 0 Å². The number of morpholine rings is 1. The molecule has 4 nitrogen and oxygen atoms in total. The number of hydrogen-bond acceptors (Lipinski definition) is 4. The molecule has 2 atom stereocenters. The van der Waals surface area contributed by atoms with E-state index < -0.39 is 0 Å². The molecule has 104 valence electrons. The van der Waals surface area contributed by atoms with Crippen molar-refractivity contribution in [1.82, 2.24) is 15.2 Å². The normalized spacial score (nSPS) is 27.4. The van der Waals surface area contributed by atoms with Crippen LogP contribution >= 0.6 is 0 Å². The van der Waals surface area contributed by atoms with E-state index in [2.05, 4.69) is 27.3 Å². The minimum Gasteiger partial charge on any atom is -0.375 e. The number of fused-ring (bicyclic) bond motifs is 1. The molecule has 2 fully saturated rings. The van der Waals surface area contributed by atoms with E-state index in [1.807, 2.05) is 13.2 Å². The van der Waals surface area contributed by atoms with Crippen LogP contribution in [0.5, 0.6) is 0 Å². The maximum Gasteiger partial charge on any atom is 0.0731 e. The fraction of sp³-hybridized carbons (Fsp3) is 0.667. The zero-order valence-electron chi connectivity index (χ0n) is 11.6. The van der Waals surface area contributed by atoms with Gasteiger partial charge >= 0.3 is 0 Å². The fourth-order valence-electron chi connectivity index (χ4n) is 3.27. The third-order valence-corrected chi connectivity index (χ3v) is 4.23. The Morgan fingerprint density at radius 2 is 2.37 bits per heavy atom. The fourth-order valence-corrected chi connectivity index (χ4v) is 3.27. The zero-order chi connectivity index (χ0) is 13.1. The van der Waals surface area contributed by atoms with E-state index in [1.165, 1.54) is 30.5 Å². The summed E-state index contributed by atoms with van der Waals surface area (Å²) in [5.74, 6) is 0. The van der Waals surface area contributed by atoms with Crippen LogP contribution in [0.1, 0.15) is 30.5 Å². The van der Waals surface area contributed by atoms with E-state index in [-0.39, 0.29) is 0 Å². The molecule has 3 rings (SSSR count). The number of nitrogens with one attached hydrogen (secondary N) is 1. The standard InChI is InChI=1S/C15H23N3O/c1-16-9-12-5-6-13(17-10-12)11-18-7-8-19-15-4-2-3-14(15)18/h5-6,10,14-16H,2-4,7-9,11H2,1H3. The Bertz CT molecular complexity index is 406. The summed E-state index contributed by atoms with van der Waals surface area (Å²) in [5, 5.41) is 3.15. The van der Waals surface area contributed by atoms with Crippen LogP contribution < -0.4 is 5.32 Å². The Balaban J connectivity index is 1.63. The van der Waals surface area contributed by atoms with E-state index in [9.17, 15) is 0 Å². The summed E-state index contributed by atoms with van der Waals surface area (Å²) in [7, 11) is 1.96. The lowest BCUT2D eigenvalue weighted by atomic mass is 10.1. The zero-order valence-corrected chi connectivity index (χ0v) is 11.6. The van der Waals surface area contributed by atoms with Gasteiger partial charge in [0.15, 0.2) is 0 Å². The molecule has 1 aliphatic heterocycles.